The molecule has 3 saturated carbocycles. The monoisotopic (exact) mass is 300 g/mol. The average molecular weight is 301 g/mol. The normalized spacial score (nSPS) is 32.5. The quantitative estimate of drug-likeness (QED) is 0.857. The Hall–Kier alpha value is -0.350. The molecule has 16 heavy (non-hydrogen) atoms. The lowest BCUT2D eigenvalue weighted by atomic mass is 9.55. The van der Waals surface area contributed by atoms with Gasteiger partial charge in [-0.05, 0) is 43.4 Å². The molecule has 0 amide bonds. The van der Waals surface area contributed by atoms with Crippen LogP contribution in [-0.2, 0) is 10.8 Å². The molecule has 2 nitrogen and oxygen atoms in total. The van der Waals surface area contributed by atoms with E-state index in [1.54, 1.807) is 7.11 Å². The maximum Gasteiger partial charge on any atom is 0.135 e. The van der Waals surface area contributed by atoms with E-state index in [0.29, 0.717) is 0 Å². The minimum Gasteiger partial charge on any atom is -0.495 e. The lowest BCUT2D eigenvalue weighted by Crippen LogP contribution is -2.60. The van der Waals surface area contributed by atoms with Gasteiger partial charge in [-0.25, -0.2) is 0 Å². The molecule has 0 aliphatic heterocycles. The molecular formula is C12H13BrO2S. The predicted molar refractivity (Wildman–Crippen MR) is 67.2 cm³/mol. The first-order chi connectivity index (χ1) is 7.64. The summed E-state index contributed by atoms with van der Waals surface area (Å²) in [6.07, 6.45) is 3.40. The van der Waals surface area contributed by atoms with Gasteiger partial charge in [0, 0.05) is 4.47 Å². The first kappa shape index (κ1) is 10.8. The van der Waals surface area contributed by atoms with E-state index in [-0.39, 0.29) is 4.75 Å². The summed E-state index contributed by atoms with van der Waals surface area (Å²) >= 11 is 3.42. The molecule has 3 fully saturated rings. The van der Waals surface area contributed by atoms with Crippen LogP contribution in [0.25, 0.3) is 0 Å². The molecule has 1 aromatic rings. The predicted octanol–water partition coefficient (Wildman–Crippen LogP) is 3.12. The van der Waals surface area contributed by atoms with Gasteiger partial charge in [-0.15, -0.1) is 0 Å². The van der Waals surface area contributed by atoms with Crippen LogP contribution < -0.4 is 4.74 Å². The van der Waals surface area contributed by atoms with E-state index in [2.05, 4.69) is 15.9 Å². The minimum absolute atomic E-state index is 0.0821. The van der Waals surface area contributed by atoms with E-state index in [4.69, 9.17) is 4.74 Å². The molecule has 86 valence electrons. The second-order valence-corrected chi connectivity index (χ2v) is 7.48. The van der Waals surface area contributed by atoms with Crippen molar-refractivity contribution in [2.24, 2.45) is 5.92 Å². The molecule has 0 aromatic heterocycles. The van der Waals surface area contributed by atoms with Gasteiger partial charge in [0.2, 0.25) is 0 Å². The zero-order chi connectivity index (χ0) is 11.3. The van der Waals surface area contributed by atoms with Crippen LogP contribution in [0.2, 0.25) is 0 Å². The fourth-order valence-electron chi connectivity index (χ4n) is 2.65. The van der Waals surface area contributed by atoms with E-state index < -0.39 is 10.8 Å². The first-order valence-electron chi connectivity index (χ1n) is 5.40. The summed E-state index contributed by atoms with van der Waals surface area (Å²) in [7, 11) is 0.713. The Labute approximate surface area is 106 Å². The third-order valence-corrected chi connectivity index (χ3v) is 6.20. The van der Waals surface area contributed by atoms with Crippen molar-refractivity contribution < 1.29 is 8.95 Å². The lowest BCUT2D eigenvalue weighted by molar-refractivity contribution is 0.0530. The Morgan fingerprint density at radius 1 is 1.44 bits per heavy atom. The fraction of sp³-hybridized carbons (Fsp3) is 0.500. The summed E-state index contributed by atoms with van der Waals surface area (Å²) in [5, 5.41) is 0. The second kappa shape index (κ2) is 3.57. The highest BCUT2D eigenvalue weighted by Gasteiger charge is 2.61. The number of halogens is 1. The van der Waals surface area contributed by atoms with E-state index in [1.807, 2.05) is 18.2 Å². The van der Waals surface area contributed by atoms with Gasteiger partial charge in [0.1, 0.15) is 5.75 Å². The molecule has 1 unspecified atom stereocenters. The van der Waals surface area contributed by atoms with Gasteiger partial charge in [0.15, 0.2) is 0 Å². The Morgan fingerprint density at radius 2 is 2.12 bits per heavy atom. The third-order valence-electron chi connectivity index (χ3n) is 3.70. The third kappa shape index (κ3) is 1.39. The SMILES string of the molecule is COc1ccc(Br)cc1S(=O)C12CC(C1)C2. The molecule has 3 aliphatic rings. The van der Waals surface area contributed by atoms with Crippen LogP contribution in [0.1, 0.15) is 19.3 Å². The average Bonchev–Trinajstić information content (AvgIpc) is 2.12. The minimum atomic E-state index is -0.918. The van der Waals surface area contributed by atoms with Crippen LogP contribution in [0.15, 0.2) is 27.6 Å². The number of methoxy groups -OCH3 is 1. The summed E-state index contributed by atoms with van der Waals surface area (Å²) in [6.45, 7) is 0. The van der Waals surface area contributed by atoms with Gasteiger partial charge in [0.05, 0.1) is 27.6 Å². The van der Waals surface area contributed by atoms with Crippen LogP contribution in [0.5, 0.6) is 5.75 Å². The van der Waals surface area contributed by atoms with Crippen molar-refractivity contribution in [1.29, 1.82) is 0 Å². The van der Waals surface area contributed by atoms with Gasteiger partial charge < -0.3 is 4.74 Å². The molecule has 1 aromatic carbocycles. The van der Waals surface area contributed by atoms with E-state index >= 15 is 0 Å². The van der Waals surface area contributed by atoms with Crippen molar-refractivity contribution in [3.05, 3.63) is 22.7 Å². The highest BCUT2D eigenvalue weighted by atomic mass is 79.9. The van der Waals surface area contributed by atoms with Crippen molar-refractivity contribution in [1.82, 2.24) is 0 Å². The van der Waals surface area contributed by atoms with Gasteiger partial charge in [-0.1, -0.05) is 15.9 Å². The molecule has 0 N–H and O–H groups in total. The van der Waals surface area contributed by atoms with E-state index in [0.717, 1.165) is 40.3 Å². The maximum atomic E-state index is 12.5. The molecule has 0 radical (unpaired) electrons. The van der Waals surface area contributed by atoms with Gasteiger partial charge in [-0.2, -0.15) is 0 Å². The highest BCUT2D eigenvalue weighted by Crippen LogP contribution is 2.62. The van der Waals surface area contributed by atoms with Gasteiger partial charge in [-0.3, -0.25) is 4.21 Å². The molecule has 3 aliphatic carbocycles. The second-order valence-electron chi connectivity index (χ2n) is 4.73. The Balaban J connectivity index is 1.98. The van der Waals surface area contributed by atoms with Crippen LogP contribution in [0, 0.1) is 5.92 Å². The fourth-order valence-corrected chi connectivity index (χ4v) is 5.36. The maximum absolute atomic E-state index is 12.5. The number of benzene rings is 1. The summed E-state index contributed by atoms with van der Waals surface area (Å²) in [6, 6.07) is 5.72. The molecule has 0 heterocycles. The Morgan fingerprint density at radius 3 is 2.62 bits per heavy atom. The van der Waals surface area contributed by atoms with Crippen LogP contribution in [0.3, 0.4) is 0 Å². The molecule has 0 spiro atoms. The highest BCUT2D eigenvalue weighted by molar-refractivity contribution is 9.10. The van der Waals surface area contributed by atoms with Crippen molar-refractivity contribution in [3.8, 4) is 5.75 Å². The standard InChI is InChI=1S/C12H13BrO2S/c1-15-10-3-2-9(13)4-11(10)16(14)12-5-8(6-12)7-12/h2-4,8H,5-7H2,1H3. The largest absolute Gasteiger partial charge is 0.495 e. The smallest absolute Gasteiger partial charge is 0.135 e. The van der Waals surface area contributed by atoms with Crippen molar-refractivity contribution in [2.45, 2.75) is 28.9 Å². The number of hydrogen-bond donors (Lipinski definition) is 0. The first-order valence-corrected chi connectivity index (χ1v) is 7.34. The van der Waals surface area contributed by atoms with Crippen LogP contribution >= 0.6 is 15.9 Å². The molecule has 0 saturated heterocycles. The summed E-state index contributed by atoms with van der Waals surface area (Å²) < 4.78 is 18.9. The van der Waals surface area contributed by atoms with Crippen LogP contribution in [0.4, 0.5) is 0 Å². The lowest BCUT2D eigenvalue weighted by Gasteiger charge is -2.60. The van der Waals surface area contributed by atoms with Crippen molar-refractivity contribution in [3.63, 3.8) is 0 Å². The van der Waals surface area contributed by atoms with E-state index in [1.165, 1.54) is 0 Å². The van der Waals surface area contributed by atoms with E-state index in [9.17, 15) is 4.21 Å². The number of ether oxygens (including phenoxy) is 1. The zero-order valence-electron chi connectivity index (χ0n) is 9.03. The molecular weight excluding hydrogens is 288 g/mol. The number of rotatable bonds is 3. The van der Waals surface area contributed by atoms with Crippen molar-refractivity contribution in [2.75, 3.05) is 7.11 Å². The molecule has 1 atom stereocenters. The molecule has 2 bridgehead atoms. The topological polar surface area (TPSA) is 26.3 Å². The molecule has 4 heteroatoms. The zero-order valence-corrected chi connectivity index (χ0v) is 11.4. The van der Waals surface area contributed by atoms with Gasteiger partial charge in [0.25, 0.3) is 0 Å². The Bertz CT molecular complexity index is 455. The Kier molecular flexibility index (Phi) is 2.41. The summed E-state index contributed by atoms with van der Waals surface area (Å²) in [5.74, 6) is 1.59. The molecule has 4 rings (SSSR count). The summed E-state index contributed by atoms with van der Waals surface area (Å²) in [5.41, 5.74) is 0. The van der Waals surface area contributed by atoms with Crippen LogP contribution in [-0.4, -0.2) is 16.1 Å². The summed E-state index contributed by atoms with van der Waals surface area (Å²) in [4.78, 5) is 0.843. The van der Waals surface area contributed by atoms with Crippen molar-refractivity contribution >= 4 is 26.7 Å². The van der Waals surface area contributed by atoms with Gasteiger partial charge >= 0.3 is 0 Å². The number of hydrogen-bond acceptors (Lipinski definition) is 2.